The van der Waals surface area contributed by atoms with Crippen LogP contribution in [0.2, 0.25) is 0 Å². The Hall–Kier alpha value is -4.73. The van der Waals surface area contributed by atoms with Gasteiger partial charge in [0.1, 0.15) is 5.76 Å². The first-order chi connectivity index (χ1) is 22.6. The second kappa shape index (κ2) is 12.8. The molecule has 5 heterocycles. The molecule has 1 aliphatic carbocycles. The van der Waals surface area contributed by atoms with Crippen LogP contribution < -0.4 is 16.0 Å². The van der Waals surface area contributed by atoms with Crippen LogP contribution in [-0.2, 0) is 9.53 Å². The van der Waals surface area contributed by atoms with Crippen molar-refractivity contribution in [3.8, 4) is 0 Å². The molecule has 8 bridgehead atoms. The summed E-state index contributed by atoms with van der Waals surface area (Å²) in [5.74, 6) is 0.0137. The third-order valence-electron chi connectivity index (χ3n) is 9.99. The fourth-order valence-electron chi connectivity index (χ4n) is 7.17. The second-order valence-corrected chi connectivity index (χ2v) is 12.8. The Labute approximate surface area is 276 Å². The summed E-state index contributed by atoms with van der Waals surface area (Å²) in [7, 11) is 1.41. The molecule has 10 nitrogen and oxygen atoms in total. The molecule has 0 aromatic heterocycles. The van der Waals surface area contributed by atoms with E-state index < -0.39 is 0 Å². The maximum absolute atomic E-state index is 13.0. The van der Waals surface area contributed by atoms with Crippen LogP contribution in [0.5, 0.6) is 0 Å². The first-order valence-electron chi connectivity index (χ1n) is 16.6. The zero-order valence-electron chi connectivity index (χ0n) is 28.4. The molecule has 0 aromatic rings. The van der Waals surface area contributed by atoms with Crippen molar-refractivity contribution in [2.24, 2.45) is 26.8 Å². The van der Waals surface area contributed by atoms with Crippen LogP contribution in [0.3, 0.4) is 0 Å². The number of ether oxygens (including phenoxy) is 1. The predicted molar refractivity (Wildman–Crippen MR) is 185 cm³/mol. The third kappa shape index (κ3) is 5.74. The van der Waals surface area contributed by atoms with E-state index in [9.17, 15) is 14.7 Å². The second-order valence-electron chi connectivity index (χ2n) is 12.8. The van der Waals surface area contributed by atoms with Crippen LogP contribution in [0.25, 0.3) is 0 Å². The van der Waals surface area contributed by atoms with Crippen molar-refractivity contribution in [3.63, 3.8) is 0 Å². The Bertz CT molecular complexity index is 1820. The summed E-state index contributed by atoms with van der Waals surface area (Å²) in [5.41, 5.74) is 12.7. The van der Waals surface area contributed by atoms with Gasteiger partial charge >= 0.3 is 12.0 Å². The number of esters is 1. The van der Waals surface area contributed by atoms with Gasteiger partial charge in [-0.2, -0.15) is 0 Å². The molecule has 0 radical (unpaired) electrons. The molecule has 5 aliphatic heterocycles. The van der Waals surface area contributed by atoms with Crippen molar-refractivity contribution >= 4 is 29.1 Å². The van der Waals surface area contributed by atoms with Gasteiger partial charge in [0, 0.05) is 59.3 Å². The summed E-state index contributed by atoms with van der Waals surface area (Å²) in [6, 6.07) is -0.271. The van der Waals surface area contributed by atoms with Gasteiger partial charge in [-0.25, -0.2) is 19.8 Å². The number of hydrogen-bond donors (Lipinski definition) is 4. The van der Waals surface area contributed by atoms with Crippen LogP contribution in [0, 0.1) is 11.8 Å². The van der Waals surface area contributed by atoms with E-state index in [0.29, 0.717) is 36.5 Å². The number of allylic oxidation sites excluding steroid dienone is 11. The van der Waals surface area contributed by atoms with Gasteiger partial charge in [0.15, 0.2) is 0 Å². The number of hydrogen-bond acceptors (Lipinski definition) is 8. The van der Waals surface area contributed by atoms with Gasteiger partial charge in [-0.15, -0.1) is 0 Å². The number of aliphatic imine (C=N–C) groups is 3. The highest BCUT2D eigenvalue weighted by Gasteiger charge is 2.41. The van der Waals surface area contributed by atoms with Gasteiger partial charge in [-0.05, 0) is 75.0 Å². The molecule has 47 heavy (non-hydrogen) atoms. The molecular weight excluding hydrogens is 592 g/mol. The number of unbranched alkanes of at least 4 members (excludes halogenated alkanes) is 1. The molecule has 6 aliphatic rings. The normalized spacial score (nSPS) is 23.1. The van der Waals surface area contributed by atoms with E-state index in [1.807, 2.05) is 32.1 Å². The van der Waals surface area contributed by atoms with E-state index in [1.54, 1.807) is 0 Å². The van der Waals surface area contributed by atoms with Gasteiger partial charge in [-0.1, -0.05) is 27.2 Å². The number of nitrogens with one attached hydrogen (secondary N) is 3. The number of fused-ring (bicyclic) bond motifs is 5. The largest absolute Gasteiger partial charge is 0.511 e. The van der Waals surface area contributed by atoms with Crippen LogP contribution in [0.1, 0.15) is 80.1 Å². The van der Waals surface area contributed by atoms with Gasteiger partial charge in [0.05, 0.1) is 47.0 Å². The van der Waals surface area contributed by atoms with Gasteiger partial charge < -0.3 is 25.8 Å². The highest BCUT2D eigenvalue weighted by Crippen LogP contribution is 2.46. The number of carbonyl (C=O) groups excluding carboxylic acids is 2. The van der Waals surface area contributed by atoms with E-state index in [4.69, 9.17) is 19.7 Å². The number of urea groups is 1. The van der Waals surface area contributed by atoms with Crippen molar-refractivity contribution < 1.29 is 19.4 Å². The third-order valence-corrected chi connectivity index (χ3v) is 9.99. The molecule has 1 fully saturated rings. The zero-order valence-corrected chi connectivity index (χ0v) is 28.4. The Kier molecular flexibility index (Phi) is 8.78. The molecular formula is C37H44N6O4. The minimum absolute atomic E-state index is 0.0108. The predicted octanol–water partition coefficient (Wildman–Crippen LogP) is 6.67. The Morgan fingerprint density at radius 1 is 1.02 bits per heavy atom. The molecule has 0 aromatic carbocycles. The molecule has 6 rings (SSSR count). The molecule has 246 valence electrons. The fourth-order valence-corrected chi connectivity index (χ4v) is 7.17. The molecule has 0 spiro atoms. The summed E-state index contributed by atoms with van der Waals surface area (Å²) < 4.78 is 4.99. The quantitative estimate of drug-likeness (QED) is 0.174. The van der Waals surface area contributed by atoms with Crippen molar-refractivity contribution in [2.45, 2.75) is 80.1 Å². The first-order valence-corrected chi connectivity index (χ1v) is 16.6. The van der Waals surface area contributed by atoms with E-state index in [1.165, 1.54) is 7.11 Å². The molecule has 4 N–H and O–H groups in total. The van der Waals surface area contributed by atoms with Crippen molar-refractivity contribution in [1.82, 2.24) is 16.0 Å². The highest BCUT2D eigenvalue weighted by molar-refractivity contribution is 6.21. The minimum Gasteiger partial charge on any atom is -0.511 e. The number of carbonyl (C=O) groups is 2. The van der Waals surface area contributed by atoms with Crippen LogP contribution in [-0.4, -0.2) is 47.9 Å². The maximum Gasteiger partial charge on any atom is 0.319 e. The van der Waals surface area contributed by atoms with Crippen molar-refractivity contribution in [2.75, 3.05) is 13.7 Å². The molecule has 0 saturated carbocycles. The lowest BCUT2D eigenvalue weighted by atomic mass is 9.86. The summed E-state index contributed by atoms with van der Waals surface area (Å²) in [5, 5.41) is 21.0. The lowest BCUT2D eigenvalue weighted by molar-refractivity contribution is -0.140. The molecule has 10 heteroatoms. The molecule has 1 saturated heterocycles. The Morgan fingerprint density at radius 3 is 2.49 bits per heavy atom. The first kappa shape index (κ1) is 32.2. The highest BCUT2D eigenvalue weighted by atomic mass is 16.5. The van der Waals surface area contributed by atoms with Crippen LogP contribution >= 0.6 is 0 Å². The number of methoxy groups -OCH3 is 1. The fraction of sp³-hybridized carbons (Fsp3) is 0.432. The average molecular weight is 637 g/mol. The minimum atomic E-state index is -0.271. The van der Waals surface area contributed by atoms with E-state index in [-0.39, 0.29) is 30.3 Å². The summed E-state index contributed by atoms with van der Waals surface area (Å²) in [6.07, 6.45) is 9.87. The van der Waals surface area contributed by atoms with E-state index in [0.717, 1.165) is 92.6 Å². The van der Waals surface area contributed by atoms with Crippen LogP contribution in [0.15, 0.2) is 107 Å². The SMILES string of the molecule is CCCCNC(=O)NC1=C(C)C2=NC1=CC1=NC(=CC3=C(C)C4=C(O)CC(=C5NC(=C2)[C@@H](C)[C@@H]5CCC(=O)OC)C4=N3)C(CC)=C1C. The lowest BCUT2D eigenvalue weighted by Crippen LogP contribution is -2.36. The van der Waals surface area contributed by atoms with Crippen molar-refractivity contribution in [1.29, 1.82) is 0 Å². The Morgan fingerprint density at radius 2 is 1.77 bits per heavy atom. The van der Waals surface area contributed by atoms with E-state index in [2.05, 4.69) is 43.6 Å². The van der Waals surface area contributed by atoms with Gasteiger partial charge in [0.2, 0.25) is 0 Å². The monoisotopic (exact) mass is 636 g/mol. The number of rotatable bonds is 8. The summed E-state index contributed by atoms with van der Waals surface area (Å²) >= 11 is 0. The van der Waals surface area contributed by atoms with E-state index >= 15 is 0 Å². The summed E-state index contributed by atoms with van der Waals surface area (Å²) in [6.45, 7) is 13.0. The number of nitrogens with zero attached hydrogens (tertiary/aromatic N) is 3. The maximum atomic E-state index is 13.0. The smallest absolute Gasteiger partial charge is 0.319 e. The standard InChI is InChI=1S/C37H44N6O4/c1-8-10-13-38-37(46)43-34-21(6)28-15-26-19(4)23(11-12-32(45)47-7)35(41-26)24-14-31(44)33-20(5)27(42-36(24)33)16-29-22(9-2)18(3)25(39-29)17-30(34)40-28/h15-17,19,23,41,44H,8-14H2,1-7H3,(H2,38,43,46)/t19-,23-/m0/s1. The van der Waals surface area contributed by atoms with Gasteiger partial charge in [0.25, 0.3) is 0 Å². The molecule has 2 atom stereocenters. The average Bonchev–Trinajstić information content (AvgIpc) is 3.79. The molecule has 0 unspecified atom stereocenters. The van der Waals surface area contributed by atoms with Gasteiger partial charge in [-0.3, -0.25) is 4.79 Å². The summed E-state index contributed by atoms with van der Waals surface area (Å²) in [4.78, 5) is 40.5. The molecule has 2 amide bonds. The number of aliphatic hydroxyl groups is 1. The Balaban J connectivity index is 1.53. The van der Waals surface area contributed by atoms with Crippen LogP contribution in [0.4, 0.5) is 4.79 Å². The number of amides is 2. The lowest BCUT2D eigenvalue weighted by Gasteiger charge is -2.17. The zero-order chi connectivity index (χ0) is 33.6. The number of aliphatic hydroxyl groups excluding tert-OH is 1. The topological polar surface area (TPSA) is 137 Å². The van der Waals surface area contributed by atoms with Crippen molar-refractivity contribution in [3.05, 3.63) is 91.6 Å².